The van der Waals surface area contributed by atoms with Gasteiger partial charge >= 0.3 is 0 Å². The molecule has 178 valence electrons. The number of allylic oxidation sites excluding steroid dienone is 5. The average Bonchev–Trinajstić information content (AvgIpc) is 3.22. The molecule has 2 N–H and O–H groups in total. The fourth-order valence-corrected chi connectivity index (χ4v) is 3.65. The Balaban J connectivity index is 0.000000267. The molecule has 1 aliphatic rings. The SMILES string of the molecule is C/C=C\C=N.CC.CN/C=C\C1CC=C[C@@H](C)C1.Cc1ccc2c(oc3ccccc32)c1C. The fourth-order valence-electron chi connectivity index (χ4n) is 3.65. The maximum absolute atomic E-state index is 6.39. The highest BCUT2D eigenvalue weighted by Gasteiger charge is 2.11. The normalized spacial score (nSPS) is 17.1. The molecule has 2 aromatic carbocycles. The van der Waals surface area contributed by atoms with Crippen molar-refractivity contribution in [3.05, 3.63) is 84.1 Å². The van der Waals surface area contributed by atoms with E-state index in [1.165, 1.54) is 41.0 Å². The van der Waals surface area contributed by atoms with Crippen LogP contribution in [-0.2, 0) is 0 Å². The Morgan fingerprint density at radius 2 is 1.79 bits per heavy atom. The van der Waals surface area contributed by atoms with Crippen LogP contribution in [0.3, 0.4) is 0 Å². The van der Waals surface area contributed by atoms with Crippen LogP contribution in [0.1, 0.15) is 51.7 Å². The number of benzene rings is 2. The summed E-state index contributed by atoms with van der Waals surface area (Å²) < 4.78 is 5.86. The zero-order chi connectivity index (χ0) is 24.6. The van der Waals surface area contributed by atoms with Crippen LogP contribution in [-0.4, -0.2) is 13.3 Å². The smallest absolute Gasteiger partial charge is 0.138 e. The van der Waals surface area contributed by atoms with Gasteiger partial charge < -0.3 is 15.1 Å². The molecule has 0 radical (unpaired) electrons. The Bertz CT molecular complexity index is 1060. The summed E-state index contributed by atoms with van der Waals surface area (Å²) in [5.41, 5.74) is 4.52. The van der Waals surface area contributed by atoms with Gasteiger partial charge in [0.25, 0.3) is 0 Å². The van der Waals surface area contributed by atoms with Crippen LogP contribution in [0.2, 0.25) is 0 Å². The molecule has 0 saturated heterocycles. The number of furan rings is 1. The van der Waals surface area contributed by atoms with E-state index in [1.54, 1.807) is 6.08 Å². The Morgan fingerprint density at radius 1 is 1.06 bits per heavy atom. The van der Waals surface area contributed by atoms with Crippen molar-refractivity contribution in [1.29, 1.82) is 5.41 Å². The summed E-state index contributed by atoms with van der Waals surface area (Å²) in [5, 5.41) is 11.8. The van der Waals surface area contributed by atoms with Gasteiger partial charge in [-0.05, 0) is 74.9 Å². The van der Waals surface area contributed by atoms with Gasteiger partial charge in [-0.2, -0.15) is 0 Å². The summed E-state index contributed by atoms with van der Waals surface area (Å²) in [5.74, 6) is 1.51. The second-order valence-corrected chi connectivity index (χ2v) is 7.96. The minimum Gasteiger partial charge on any atom is -0.456 e. The highest BCUT2D eigenvalue weighted by atomic mass is 16.3. The molecule has 1 aliphatic carbocycles. The zero-order valence-electron chi connectivity index (χ0n) is 21.5. The van der Waals surface area contributed by atoms with Crippen molar-refractivity contribution >= 4 is 28.2 Å². The van der Waals surface area contributed by atoms with Crippen molar-refractivity contribution in [3.63, 3.8) is 0 Å². The van der Waals surface area contributed by atoms with Gasteiger partial charge in [-0.1, -0.05) is 75.4 Å². The average molecular weight is 447 g/mol. The predicted molar refractivity (Wildman–Crippen MR) is 147 cm³/mol. The third-order valence-corrected chi connectivity index (χ3v) is 5.47. The van der Waals surface area contributed by atoms with Crippen LogP contribution in [0.15, 0.2) is 77.4 Å². The molecular weight excluding hydrogens is 404 g/mol. The molecule has 0 spiro atoms. The van der Waals surface area contributed by atoms with Gasteiger partial charge in [-0.15, -0.1) is 0 Å². The number of hydrogen-bond donors (Lipinski definition) is 2. The molecule has 3 nitrogen and oxygen atoms in total. The monoisotopic (exact) mass is 446 g/mol. The largest absolute Gasteiger partial charge is 0.456 e. The molecule has 0 saturated carbocycles. The summed E-state index contributed by atoms with van der Waals surface area (Å²) in [6, 6.07) is 12.5. The molecule has 33 heavy (non-hydrogen) atoms. The number of para-hydroxylation sites is 1. The Kier molecular flexibility index (Phi) is 13.3. The molecule has 3 aromatic rings. The first-order chi connectivity index (χ1) is 16.0. The number of hydrogen-bond acceptors (Lipinski definition) is 3. The fraction of sp³-hybridized carbons (Fsp3) is 0.367. The minimum atomic E-state index is 0.752. The Morgan fingerprint density at radius 3 is 2.39 bits per heavy atom. The second-order valence-electron chi connectivity index (χ2n) is 7.96. The first-order valence-electron chi connectivity index (χ1n) is 12.0. The predicted octanol–water partition coefficient (Wildman–Crippen LogP) is 8.76. The van der Waals surface area contributed by atoms with Gasteiger partial charge in [0.05, 0.1) is 0 Å². The lowest BCUT2D eigenvalue weighted by molar-refractivity contribution is 0.488. The minimum absolute atomic E-state index is 0.752. The van der Waals surface area contributed by atoms with Gasteiger partial charge in [0.1, 0.15) is 11.2 Å². The van der Waals surface area contributed by atoms with Gasteiger partial charge in [0.15, 0.2) is 0 Å². The summed E-state index contributed by atoms with van der Waals surface area (Å²) >= 11 is 0. The van der Waals surface area contributed by atoms with Crippen molar-refractivity contribution < 1.29 is 4.42 Å². The van der Waals surface area contributed by atoms with E-state index in [4.69, 9.17) is 9.83 Å². The first-order valence-corrected chi connectivity index (χ1v) is 12.0. The van der Waals surface area contributed by atoms with Crippen molar-refractivity contribution in [3.8, 4) is 0 Å². The van der Waals surface area contributed by atoms with E-state index in [0.717, 1.165) is 23.0 Å². The van der Waals surface area contributed by atoms with Crippen molar-refractivity contribution in [2.75, 3.05) is 7.05 Å². The molecule has 0 bridgehead atoms. The maximum Gasteiger partial charge on any atom is 0.138 e. The first kappa shape index (κ1) is 28.0. The van der Waals surface area contributed by atoms with E-state index in [9.17, 15) is 0 Å². The van der Waals surface area contributed by atoms with Crippen LogP contribution < -0.4 is 5.32 Å². The van der Waals surface area contributed by atoms with E-state index < -0.39 is 0 Å². The third kappa shape index (κ3) is 8.76. The number of aryl methyl sites for hydroxylation is 2. The van der Waals surface area contributed by atoms with Gasteiger partial charge in [0.2, 0.25) is 0 Å². The van der Waals surface area contributed by atoms with Crippen LogP contribution in [0.5, 0.6) is 0 Å². The van der Waals surface area contributed by atoms with Crippen LogP contribution in [0.25, 0.3) is 21.9 Å². The maximum atomic E-state index is 6.39. The van der Waals surface area contributed by atoms with Crippen molar-refractivity contribution in [2.45, 2.75) is 54.4 Å². The molecule has 1 aromatic heterocycles. The van der Waals surface area contributed by atoms with Gasteiger partial charge in [-0.3, -0.25) is 0 Å². The Labute approximate surface area is 200 Å². The summed E-state index contributed by atoms with van der Waals surface area (Å²) in [6.07, 6.45) is 16.1. The van der Waals surface area contributed by atoms with Gasteiger partial charge in [0, 0.05) is 24.0 Å². The zero-order valence-corrected chi connectivity index (χ0v) is 21.5. The number of nitrogens with one attached hydrogen (secondary N) is 2. The van der Waals surface area contributed by atoms with E-state index in [2.05, 4.69) is 62.5 Å². The standard InChI is InChI=1S/C14H12O.C10H17N.C4H7N.C2H6/c1-9-7-8-12-11-5-3-4-6-13(11)15-14(12)10(9)2;1-9-4-3-5-10(8-9)6-7-11-2;1-2-3-4-5;1-2/h3-8H,1-2H3;3-4,6-7,9-11H,5,8H2,1-2H3;2-5H,1H3;1-2H3/b;7-6-;3-2-,5-4?;/t;9-,10?;;/m.1../s1. The van der Waals surface area contributed by atoms with Crippen molar-refractivity contribution in [2.24, 2.45) is 11.8 Å². The van der Waals surface area contributed by atoms with E-state index in [1.807, 2.05) is 58.3 Å². The quantitative estimate of drug-likeness (QED) is 0.312. The van der Waals surface area contributed by atoms with E-state index in [-0.39, 0.29) is 0 Å². The lowest BCUT2D eigenvalue weighted by Gasteiger charge is -2.18. The van der Waals surface area contributed by atoms with E-state index in [0.29, 0.717) is 0 Å². The molecule has 0 fully saturated rings. The van der Waals surface area contributed by atoms with Crippen LogP contribution in [0, 0.1) is 31.1 Å². The third-order valence-electron chi connectivity index (χ3n) is 5.47. The molecule has 4 rings (SSSR count). The lowest BCUT2D eigenvalue weighted by Crippen LogP contribution is -2.07. The highest BCUT2D eigenvalue weighted by Crippen LogP contribution is 2.31. The molecular formula is C30H42N2O. The Hall–Kier alpha value is -3.07. The molecule has 3 heteroatoms. The molecule has 0 aliphatic heterocycles. The summed E-state index contributed by atoms with van der Waals surface area (Å²) in [7, 11) is 1.94. The number of fused-ring (bicyclic) bond motifs is 3. The molecule has 1 unspecified atom stereocenters. The molecule has 0 amide bonds. The van der Waals surface area contributed by atoms with Crippen LogP contribution >= 0.6 is 0 Å². The topological polar surface area (TPSA) is 49.0 Å². The number of rotatable bonds is 3. The lowest BCUT2D eigenvalue weighted by atomic mass is 9.88. The van der Waals surface area contributed by atoms with Crippen LogP contribution in [0.4, 0.5) is 0 Å². The second kappa shape index (κ2) is 15.7. The molecule has 1 heterocycles. The highest BCUT2D eigenvalue weighted by molar-refractivity contribution is 6.05. The van der Waals surface area contributed by atoms with Gasteiger partial charge in [-0.25, -0.2) is 0 Å². The van der Waals surface area contributed by atoms with Crippen molar-refractivity contribution in [1.82, 2.24) is 5.32 Å². The summed E-state index contributed by atoms with van der Waals surface area (Å²) in [6.45, 7) is 12.4. The van der Waals surface area contributed by atoms with E-state index >= 15 is 0 Å². The summed E-state index contributed by atoms with van der Waals surface area (Å²) in [4.78, 5) is 0. The molecule has 2 atom stereocenters.